The molecule has 0 saturated heterocycles. The molecule has 1 atom stereocenters. The second-order valence-corrected chi connectivity index (χ2v) is 2.83. The number of carbonyl (C=O) groups excluding carboxylic acids is 1. The summed E-state index contributed by atoms with van der Waals surface area (Å²) < 4.78 is 10.2. The molecule has 0 aliphatic rings. The summed E-state index contributed by atoms with van der Waals surface area (Å²) >= 11 is 0. The molecule has 0 aromatic heterocycles. The van der Waals surface area contributed by atoms with Crippen molar-refractivity contribution in [3.8, 4) is 5.75 Å². The third-order valence-corrected chi connectivity index (χ3v) is 1.71. The Labute approximate surface area is 83.6 Å². The molecule has 3 nitrogen and oxygen atoms in total. The van der Waals surface area contributed by atoms with Crippen molar-refractivity contribution in [2.45, 2.75) is 20.0 Å². The van der Waals surface area contributed by atoms with Gasteiger partial charge in [0, 0.05) is 6.61 Å². The Morgan fingerprint density at radius 1 is 1.36 bits per heavy atom. The lowest BCUT2D eigenvalue weighted by atomic mass is 10.3. The summed E-state index contributed by atoms with van der Waals surface area (Å²) in [6.45, 7) is 4.02. The summed E-state index contributed by atoms with van der Waals surface area (Å²) in [5.74, 6) is 0.183. The Morgan fingerprint density at radius 3 is 2.57 bits per heavy atom. The molecule has 0 N–H and O–H groups in total. The van der Waals surface area contributed by atoms with Crippen LogP contribution in [0.4, 0.5) is 0 Å². The minimum Gasteiger partial charge on any atom is -0.425 e. The van der Waals surface area contributed by atoms with Crippen LogP contribution in [0.1, 0.15) is 13.8 Å². The van der Waals surface area contributed by atoms with E-state index >= 15 is 0 Å². The van der Waals surface area contributed by atoms with Gasteiger partial charge >= 0.3 is 5.97 Å². The molecule has 0 spiro atoms. The minimum absolute atomic E-state index is 0.363. The fourth-order valence-electron chi connectivity index (χ4n) is 1.01. The number of rotatable bonds is 4. The number of esters is 1. The molecule has 0 aliphatic carbocycles. The minimum atomic E-state index is -0.514. The molecule has 0 heterocycles. The van der Waals surface area contributed by atoms with Crippen LogP contribution in [0.2, 0.25) is 0 Å². The highest BCUT2D eigenvalue weighted by atomic mass is 16.6. The molecular weight excluding hydrogens is 180 g/mol. The van der Waals surface area contributed by atoms with Crippen LogP contribution in [0.15, 0.2) is 30.3 Å². The molecule has 14 heavy (non-hydrogen) atoms. The van der Waals surface area contributed by atoms with Crippen LogP contribution < -0.4 is 4.74 Å². The summed E-state index contributed by atoms with van der Waals surface area (Å²) in [6.07, 6.45) is -0.514. The molecule has 1 rings (SSSR count). The molecule has 1 aromatic carbocycles. The maximum atomic E-state index is 11.4. The van der Waals surface area contributed by atoms with Gasteiger partial charge in [-0.2, -0.15) is 0 Å². The predicted octanol–water partition coefficient (Wildman–Crippen LogP) is 2.02. The quantitative estimate of drug-likeness (QED) is 0.543. The molecule has 0 saturated carbocycles. The van der Waals surface area contributed by atoms with Gasteiger partial charge in [-0.15, -0.1) is 0 Å². The normalized spacial score (nSPS) is 12.1. The summed E-state index contributed by atoms with van der Waals surface area (Å²) in [5.41, 5.74) is 0. The first kappa shape index (κ1) is 10.7. The van der Waals surface area contributed by atoms with Crippen LogP contribution in [0.5, 0.6) is 5.75 Å². The zero-order valence-electron chi connectivity index (χ0n) is 8.40. The largest absolute Gasteiger partial charge is 0.425 e. The first-order valence-corrected chi connectivity index (χ1v) is 4.62. The lowest BCUT2D eigenvalue weighted by molar-refractivity contribution is -0.145. The van der Waals surface area contributed by atoms with E-state index in [0.717, 1.165) is 0 Å². The number of para-hydroxylation sites is 1. The van der Waals surface area contributed by atoms with Crippen molar-refractivity contribution in [2.24, 2.45) is 0 Å². The van der Waals surface area contributed by atoms with Crippen molar-refractivity contribution in [2.75, 3.05) is 6.61 Å². The zero-order valence-corrected chi connectivity index (χ0v) is 8.40. The van der Waals surface area contributed by atoms with Crippen LogP contribution in [-0.4, -0.2) is 18.7 Å². The van der Waals surface area contributed by atoms with E-state index in [1.165, 1.54) is 0 Å². The molecule has 3 heteroatoms. The highest BCUT2D eigenvalue weighted by molar-refractivity contribution is 5.76. The molecule has 0 fully saturated rings. The van der Waals surface area contributed by atoms with Gasteiger partial charge in [-0.1, -0.05) is 18.2 Å². The number of benzene rings is 1. The smallest absolute Gasteiger partial charge is 0.340 e. The Hall–Kier alpha value is -1.35. The zero-order chi connectivity index (χ0) is 10.4. The van der Waals surface area contributed by atoms with Gasteiger partial charge in [-0.3, -0.25) is 0 Å². The molecule has 1 aromatic rings. The summed E-state index contributed by atoms with van der Waals surface area (Å²) in [6, 6.07) is 8.96. The third-order valence-electron chi connectivity index (χ3n) is 1.71. The van der Waals surface area contributed by atoms with Gasteiger partial charge < -0.3 is 9.47 Å². The Morgan fingerprint density at radius 2 is 2.00 bits per heavy atom. The first-order chi connectivity index (χ1) is 6.74. The average Bonchev–Trinajstić information content (AvgIpc) is 2.19. The van der Waals surface area contributed by atoms with Crippen molar-refractivity contribution < 1.29 is 14.3 Å². The fraction of sp³-hybridized carbons (Fsp3) is 0.364. The topological polar surface area (TPSA) is 35.5 Å². The van der Waals surface area contributed by atoms with Gasteiger partial charge in [0.2, 0.25) is 0 Å². The van der Waals surface area contributed by atoms with Crippen LogP contribution in [0.25, 0.3) is 0 Å². The highest BCUT2D eigenvalue weighted by Crippen LogP contribution is 2.09. The van der Waals surface area contributed by atoms with Crippen LogP contribution in [-0.2, 0) is 9.53 Å². The van der Waals surface area contributed by atoms with Gasteiger partial charge in [0.15, 0.2) is 6.10 Å². The molecular formula is C11H14O3. The molecule has 0 amide bonds. The van der Waals surface area contributed by atoms with Gasteiger partial charge in [0.1, 0.15) is 5.75 Å². The summed E-state index contributed by atoms with van der Waals surface area (Å²) in [7, 11) is 0. The van der Waals surface area contributed by atoms with E-state index in [0.29, 0.717) is 12.4 Å². The fourth-order valence-corrected chi connectivity index (χ4v) is 1.01. The van der Waals surface area contributed by atoms with E-state index in [-0.39, 0.29) is 5.97 Å². The lowest BCUT2D eigenvalue weighted by Crippen LogP contribution is -2.25. The maximum Gasteiger partial charge on any atom is 0.340 e. The van der Waals surface area contributed by atoms with Gasteiger partial charge in [0.25, 0.3) is 0 Å². The van der Waals surface area contributed by atoms with E-state index in [4.69, 9.17) is 9.47 Å². The summed E-state index contributed by atoms with van der Waals surface area (Å²) in [4.78, 5) is 11.4. The Bertz CT molecular complexity index is 282. The van der Waals surface area contributed by atoms with Crippen molar-refractivity contribution in [3.63, 3.8) is 0 Å². The Balaban J connectivity index is 2.49. The van der Waals surface area contributed by atoms with Crippen LogP contribution >= 0.6 is 0 Å². The molecule has 0 radical (unpaired) electrons. The highest BCUT2D eigenvalue weighted by Gasteiger charge is 2.14. The van der Waals surface area contributed by atoms with E-state index in [9.17, 15) is 4.79 Å². The number of ether oxygens (including phenoxy) is 2. The number of hydrogen-bond acceptors (Lipinski definition) is 3. The van der Waals surface area contributed by atoms with E-state index in [1.807, 2.05) is 25.1 Å². The molecule has 0 bridgehead atoms. The standard InChI is InChI=1S/C11H14O3/c1-3-13-9(2)11(12)14-10-7-5-4-6-8-10/h4-9H,3H2,1-2H3. The van der Waals surface area contributed by atoms with E-state index < -0.39 is 6.10 Å². The van der Waals surface area contributed by atoms with Gasteiger partial charge in [0.05, 0.1) is 0 Å². The van der Waals surface area contributed by atoms with Crippen molar-refractivity contribution in [1.29, 1.82) is 0 Å². The van der Waals surface area contributed by atoms with E-state index in [1.54, 1.807) is 19.1 Å². The molecule has 0 aliphatic heterocycles. The third kappa shape index (κ3) is 3.18. The maximum absolute atomic E-state index is 11.4. The van der Waals surface area contributed by atoms with Crippen molar-refractivity contribution in [1.82, 2.24) is 0 Å². The van der Waals surface area contributed by atoms with Crippen LogP contribution in [0.3, 0.4) is 0 Å². The van der Waals surface area contributed by atoms with Gasteiger partial charge in [-0.05, 0) is 26.0 Å². The van der Waals surface area contributed by atoms with Crippen molar-refractivity contribution in [3.05, 3.63) is 30.3 Å². The second-order valence-electron chi connectivity index (χ2n) is 2.83. The predicted molar refractivity (Wildman–Crippen MR) is 53.2 cm³/mol. The second kappa shape index (κ2) is 5.40. The van der Waals surface area contributed by atoms with Gasteiger partial charge in [-0.25, -0.2) is 4.79 Å². The van der Waals surface area contributed by atoms with Crippen LogP contribution in [0, 0.1) is 0 Å². The number of carbonyl (C=O) groups is 1. The first-order valence-electron chi connectivity index (χ1n) is 4.62. The Kier molecular flexibility index (Phi) is 4.13. The van der Waals surface area contributed by atoms with Crippen molar-refractivity contribution >= 4 is 5.97 Å². The van der Waals surface area contributed by atoms with E-state index in [2.05, 4.69) is 0 Å². The monoisotopic (exact) mass is 194 g/mol. The average molecular weight is 194 g/mol. The molecule has 76 valence electrons. The summed E-state index contributed by atoms with van der Waals surface area (Å²) in [5, 5.41) is 0. The lowest BCUT2D eigenvalue weighted by Gasteiger charge is -2.10. The SMILES string of the molecule is CCOC(C)C(=O)Oc1ccccc1. The number of hydrogen-bond donors (Lipinski definition) is 0. The molecule has 1 unspecified atom stereocenters.